The molecule has 3 rings (SSSR count). The standard InChI is InChI=1S/C22H31N2O8P/c1-14(21(27)31-17-11-15-7-5-6-8-16(15)12-17)24-33(28)30-13-22(2,3)19(32-33)20(26)23-10-9-18(25)29-4/h5-8,14,17,19H,9-13H2,1-4H3,(H,23,26)(H,24,28)/t14-,19-,33+/m0/s1. The van der Waals surface area contributed by atoms with Crippen molar-refractivity contribution in [3.8, 4) is 0 Å². The Balaban J connectivity index is 1.55. The fraction of sp³-hybridized carbons (Fsp3) is 0.591. The van der Waals surface area contributed by atoms with E-state index in [4.69, 9.17) is 13.8 Å². The van der Waals surface area contributed by atoms with Crippen molar-refractivity contribution in [1.29, 1.82) is 0 Å². The molecule has 1 aliphatic carbocycles. The van der Waals surface area contributed by atoms with Crippen molar-refractivity contribution >= 4 is 25.6 Å². The van der Waals surface area contributed by atoms with E-state index < -0.39 is 43.2 Å². The minimum absolute atomic E-state index is 0.00426. The van der Waals surface area contributed by atoms with Crippen molar-refractivity contribution in [3.05, 3.63) is 35.4 Å². The molecule has 0 aromatic heterocycles. The smallest absolute Gasteiger partial charge is 0.407 e. The van der Waals surface area contributed by atoms with Crippen molar-refractivity contribution in [2.24, 2.45) is 5.41 Å². The van der Waals surface area contributed by atoms with Crippen molar-refractivity contribution in [2.45, 2.75) is 58.3 Å². The highest BCUT2D eigenvalue weighted by Gasteiger charge is 2.49. The van der Waals surface area contributed by atoms with Crippen LogP contribution < -0.4 is 10.4 Å². The van der Waals surface area contributed by atoms with E-state index in [9.17, 15) is 18.9 Å². The third-order valence-corrected chi connectivity index (χ3v) is 7.32. The molecular weight excluding hydrogens is 451 g/mol. The van der Waals surface area contributed by atoms with Crippen molar-refractivity contribution < 1.29 is 37.5 Å². The van der Waals surface area contributed by atoms with E-state index in [-0.39, 0.29) is 25.7 Å². The normalized spacial score (nSPS) is 25.0. The van der Waals surface area contributed by atoms with Crippen LogP contribution in [0.2, 0.25) is 0 Å². The van der Waals surface area contributed by atoms with Gasteiger partial charge < -0.3 is 14.8 Å². The van der Waals surface area contributed by atoms with Crippen LogP contribution in [-0.2, 0) is 50.3 Å². The lowest BCUT2D eigenvalue weighted by Gasteiger charge is -2.40. The third-order valence-electron chi connectivity index (χ3n) is 5.66. The molecule has 10 nitrogen and oxygen atoms in total. The number of esters is 2. The van der Waals surface area contributed by atoms with Crippen LogP contribution in [0.4, 0.5) is 0 Å². The minimum atomic E-state index is -3.98. The average Bonchev–Trinajstić information content (AvgIpc) is 3.17. The highest BCUT2D eigenvalue weighted by Crippen LogP contribution is 2.53. The van der Waals surface area contributed by atoms with E-state index in [2.05, 4.69) is 15.1 Å². The molecule has 1 amide bonds. The van der Waals surface area contributed by atoms with E-state index in [1.54, 1.807) is 13.8 Å². The van der Waals surface area contributed by atoms with Crippen LogP contribution in [0.5, 0.6) is 0 Å². The SMILES string of the molecule is COC(=O)CCNC(=O)[C@@H]1O[P@@](=O)(N[C@@H](C)C(=O)OC2Cc3ccccc3C2)OCC1(C)C. The molecule has 3 atom stereocenters. The predicted molar refractivity (Wildman–Crippen MR) is 118 cm³/mol. The molecule has 1 aromatic carbocycles. The summed E-state index contributed by atoms with van der Waals surface area (Å²) in [7, 11) is -2.72. The molecule has 182 valence electrons. The minimum Gasteiger partial charge on any atom is -0.469 e. The summed E-state index contributed by atoms with van der Waals surface area (Å²) in [5, 5.41) is 5.16. The van der Waals surface area contributed by atoms with Gasteiger partial charge in [0, 0.05) is 24.8 Å². The van der Waals surface area contributed by atoms with Crippen LogP contribution >= 0.6 is 7.75 Å². The van der Waals surface area contributed by atoms with E-state index in [0.717, 1.165) is 11.1 Å². The maximum Gasteiger partial charge on any atom is 0.407 e. The summed E-state index contributed by atoms with van der Waals surface area (Å²) in [6.07, 6.45) is -0.159. The van der Waals surface area contributed by atoms with E-state index in [0.29, 0.717) is 12.8 Å². The second-order valence-corrected chi connectivity index (χ2v) is 10.7. The number of methoxy groups -OCH3 is 1. The highest BCUT2D eigenvalue weighted by atomic mass is 31.2. The molecule has 1 fully saturated rings. The second kappa shape index (κ2) is 10.3. The lowest BCUT2D eigenvalue weighted by atomic mass is 9.87. The van der Waals surface area contributed by atoms with Gasteiger partial charge in [0.25, 0.3) is 0 Å². The molecule has 0 unspecified atom stereocenters. The lowest BCUT2D eigenvalue weighted by molar-refractivity contribution is -0.150. The Kier molecular flexibility index (Phi) is 7.95. The molecule has 0 bridgehead atoms. The zero-order chi connectivity index (χ0) is 24.2. The van der Waals surface area contributed by atoms with E-state index >= 15 is 0 Å². The van der Waals surface area contributed by atoms with Crippen LogP contribution in [-0.4, -0.2) is 56.4 Å². The van der Waals surface area contributed by atoms with Gasteiger partial charge in [-0.25, -0.2) is 9.65 Å². The van der Waals surface area contributed by atoms with Crippen LogP contribution in [0.3, 0.4) is 0 Å². The van der Waals surface area contributed by atoms with Crippen LogP contribution in [0.15, 0.2) is 24.3 Å². The first-order valence-electron chi connectivity index (χ1n) is 10.9. The number of hydrogen-bond acceptors (Lipinski definition) is 8. The second-order valence-electron chi connectivity index (χ2n) is 8.95. The Morgan fingerprint density at radius 2 is 1.85 bits per heavy atom. The van der Waals surface area contributed by atoms with Gasteiger partial charge in [0.15, 0.2) is 6.10 Å². The molecular formula is C22H31N2O8P. The maximum atomic E-state index is 13.2. The molecule has 11 heteroatoms. The molecule has 1 heterocycles. The van der Waals surface area contributed by atoms with Gasteiger partial charge in [0.1, 0.15) is 12.1 Å². The molecule has 1 aliphatic heterocycles. The predicted octanol–water partition coefficient (Wildman–Crippen LogP) is 1.90. The van der Waals surface area contributed by atoms with Gasteiger partial charge in [-0.1, -0.05) is 38.1 Å². The summed E-state index contributed by atoms with van der Waals surface area (Å²) in [5.74, 6) is -1.58. The molecule has 2 N–H and O–H groups in total. The quantitative estimate of drug-likeness (QED) is 0.422. The number of rotatable bonds is 8. The first-order valence-corrected chi connectivity index (χ1v) is 12.4. The fourth-order valence-corrected chi connectivity index (χ4v) is 5.69. The summed E-state index contributed by atoms with van der Waals surface area (Å²) >= 11 is 0. The molecule has 1 aromatic rings. The number of amides is 1. The highest BCUT2D eigenvalue weighted by molar-refractivity contribution is 7.51. The summed E-state index contributed by atoms with van der Waals surface area (Å²) in [6.45, 7) is 4.98. The van der Waals surface area contributed by atoms with Crippen LogP contribution in [0, 0.1) is 5.41 Å². The van der Waals surface area contributed by atoms with Crippen molar-refractivity contribution in [1.82, 2.24) is 10.4 Å². The van der Waals surface area contributed by atoms with Gasteiger partial charge in [0.2, 0.25) is 5.91 Å². The number of carbonyl (C=O) groups is 3. The number of carbonyl (C=O) groups excluding carboxylic acids is 3. The van der Waals surface area contributed by atoms with Gasteiger partial charge in [-0.2, -0.15) is 0 Å². The zero-order valence-corrected chi connectivity index (χ0v) is 20.2. The maximum absolute atomic E-state index is 13.2. The van der Waals surface area contributed by atoms with Crippen LogP contribution in [0.1, 0.15) is 38.3 Å². The molecule has 2 aliphatic rings. The van der Waals surface area contributed by atoms with Gasteiger partial charge in [0.05, 0.1) is 20.1 Å². The first-order chi connectivity index (χ1) is 15.5. The zero-order valence-electron chi connectivity index (χ0n) is 19.3. The van der Waals surface area contributed by atoms with Gasteiger partial charge in [-0.05, 0) is 18.1 Å². The first kappa shape index (κ1) is 25.4. The Hall–Kier alpha value is -2.26. The fourth-order valence-electron chi connectivity index (χ4n) is 3.75. The monoisotopic (exact) mass is 482 g/mol. The Bertz CT molecular complexity index is 925. The summed E-state index contributed by atoms with van der Waals surface area (Å²) in [6, 6.07) is 6.92. The van der Waals surface area contributed by atoms with Gasteiger partial charge in [-0.15, -0.1) is 0 Å². The third kappa shape index (κ3) is 6.41. The lowest BCUT2D eigenvalue weighted by Crippen LogP contribution is -2.51. The van der Waals surface area contributed by atoms with E-state index in [1.165, 1.54) is 14.0 Å². The number of nitrogens with one attached hydrogen (secondary N) is 2. The Morgan fingerprint density at radius 1 is 1.21 bits per heavy atom. The van der Waals surface area contributed by atoms with Crippen LogP contribution in [0.25, 0.3) is 0 Å². The molecule has 33 heavy (non-hydrogen) atoms. The number of benzene rings is 1. The summed E-state index contributed by atoms with van der Waals surface area (Å²) in [5.41, 5.74) is 1.50. The molecule has 0 spiro atoms. The Labute approximate surface area is 193 Å². The van der Waals surface area contributed by atoms with Crippen molar-refractivity contribution in [3.63, 3.8) is 0 Å². The van der Waals surface area contributed by atoms with E-state index in [1.807, 2.05) is 24.3 Å². The molecule has 1 saturated heterocycles. The topological polar surface area (TPSA) is 129 Å². The summed E-state index contributed by atoms with van der Waals surface area (Å²) in [4.78, 5) is 36.5. The largest absolute Gasteiger partial charge is 0.469 e. The molecule has 0 radical (unpaired) electrons. The molecule has 0 saturated carbocycles. The summed E-state index contributed by atoms with van der Waals surface area (Å²) < 4.78 is 34.3. The number of ether oxygens (including phenoxy) is 2. The van der Waals surface area contributed by atoms with Gasteiger partial charge >= 0.3 is 19.7 Å². The number of hydrogen-bond donors (Lipinski definition) is 2. The Morgan fingerprint density at radius 3 is 2.45 bits per heavy atom. The van der Waals surface area contributed by atoms with Crippen molar-refractivity contribution in [2.75, 3.05) is 20.3 Å². The average molecular weight is 482 g/mol. The van der Waals surface area contributed by atoms with Gasteiger partial charge in [-0.3, -0.25) is 23.4 Å². The number of fused-ring (bicyclic) bond motifs is 1.